The molecule has 0 spiro atoms. The second kappa shape index (κ2) is 41.8. The lowest BCUT2D eigenvalue weighted by Gasteiger charge is -2.40. The van der Waals surface area contributed by atoms with Crippen molar-refractivity contribution < 1.29 is 47.4 Å². The van der Waals surface area contributed by atoms with E-state index in [-0.39, 0.29) is 127 Å². The monoisotopic (exact) mass is 1800 g/mol. The third-order valence-electron chi connectivity index (χ3n) is 26.8. The molecule has 27 heteroatoms. The van der Waals surface area contributed by atoms with Crippen molar-refractivity contribution in [3.63, 3.8) is 0 Å². The van der Waals surface area contributed by atoms with Gasteiger partial charge in [0.1, 0.15) is 16.1 Å². The van der Waals surface area contributed by atoms with Gasteiger partial charge in [0.15, 0.2) is 0 Å². The number of amides is 12. The van der Waals surface area contributed by atoms with Crippen LogP contribution in [-0.4, -0.2) is 235 Å². The Morgan fingerprint density at radius 1 is 0.445 bits per heavy atom. The molecule has 6 aromatic carbocycles. The highest BCUT2D eigenvalue weighted by Crippen LogP contribution is 2.51. The summed E-state index contributed by atoms with van der Waals surface area (Å²) in [6.45, 7) is 31.0. The first-order valence-electron chi connectivity index (χ1n) is 46.4. The van der Waals surface area contributed by atoms with Gasteiger partial charge in [-0.3, -0.25) is 33.8 Å². The largest absolute Gasteiger partial charge is 0.369 e. The summed E-state index contributed by atoms with van der Waals surface area (Å²) in [5.74, 6) is 0.801. The fraction of sp³-hybridized carbons (Fsp3) is 0.505. The molecule has 17 rings (SSSR count). The number of piperidine rings is 3. The van der Waals surface area contributed by atoms with Crippen LogP contribution in [0.25, 0.3) is 11.1 Å². The van der Waals surface area contributed by atoms with Gasteiger partial charge >= 0.3 is 18.1 Å². The summed E-state index contributed by atoms with van der Waals surface area (Å²) in [6.07, 6.45) is 13.0. The average molecular weight is 1800 g/mol. The average Bonchev–Trinajstić information content (AvgIpc) is 1.58. The van der Waals surface area contributed by atoms with Gasteiger partial charge in [0.25, 0.3) is 0 Å². The molecule has 4 N–H and O–H groups in total. The standard InChI is InChI=1S/C36H43N5O3S.C35H48N6O3S.C30H38N4O3S.3H2/c1-36(2,3)17-23-41-33(43)31(45-34(41)29-10-6-5-9-28(29)25-12-18-37-19-13-25)24-32(42)39-20-15-27(16-21-39)40-22-14-26-8-4-7-11-30(26)38-35(40)44;1-35(2,3)15-21-41-32(43)30(45-33(41)27-9-5-7-11-29(27)38-22-16-36-17-23-38)24-31(42)39-18-13-26(14-19-39)40-20-12-25-8-4-6-10-28(25)37-34(40)44;1-20(2)11-16-33-28(36)26(38-29(33)22-9-6-7-21(3)17-22)18-27(35)32-14-12-24(13-15-32)34-19-23-8-4-5-10-25(23)31-30(34)37;;;/h4-13,18-19,27,31,34H,14-17,20-24H2,1-3H3,(H,38,44);4-11,26,30,33,36H,12-24H2,1-3H3,(H,37,44);4-10,17,20,24,26,29H,11-16,18-19H2,1-3H3,(H,31,37);3*1H. The molecule has 10 aliphatic rings. The van der Waals surface area contributed by atoms with E-state index in [9.17, 15) is 43.2 Å². The van der Waals surface area contributed by atoms with E-state index in [1.54, 1.807) is 47.7 Å². The number of hydrogen-bond donors (Lipinski definition) is 4. The summed E-state index contributed by atoms with van der Waals surface area (Å²) in [5, 5.41) is 11.1. The van der Waals surface area contributed by atoms with E-state index in [1.165, 1.54) is 16.8 Å². The van der Waals surface area contributed by atoms with E-state index in [0.29, 0.717) is 84.5 Å². The predicted octanol–water partition coefficient (Wildman–Crippen LogP) is 17.7. The smallest absolute Gasteiger partial charge is 0.322 e. The molecule has 0 radical (unpaired) electrons. The normalized spacial score (nSPS) is 22.1. The molecular weight excluding hydrogens is 1660 g/mol. The van der Waals surface area contributed by atoms with Crippen LogP contribution in [0.5, 0.6) is 0 Å². The van der Waals surface area contributed by atoms with Crippen LogP contribution in [0.15, 0.2) is 170 Å². The van der Waals surface area contributed by atoms with Crippen LogP contribution < -0.4 is 26.2 Å². The van der Waals surface area contributed by atoms with Crippen LogP contribution in [0.2, 0.25) is 0 Å². The number of rotatable bonds is 21. The van der Waals surface area contributed by atoms with Gasteiger partial charge in [-0.15, -0.1) is 35.3 Å². The Labute approximate surface area is 773 Å². The van der Waals surface area contributed by atoms with Crippen LogP contribution in [0, 0.1) is 23.7 Å². The van der Waals surface area contributed by atoms with Crippen molar-refractivity contribution in [2.45, 2.75) is 209 Å². The van der Waals surface area contributed by atoms with E-state index in [4.69, 9.17) is 0 Å². The van der Waals surface area contributed by atoms with Gasteiger partial charge in [0, 0.05) is 187 Å². The minimum atomic E-state index is -0.430. The molecule has 6 atom stereocenters. The number of pyridine rings is 1. The van der Waals surface area contributed by atoms with Gasteiger partial charge in [0.05, 0.1) is 15.7 Å². The molecular formula is C101H135N15O9S3. The van der Waals surface area contributed by atoms with Crippen LogP contribution in [0.1, 0.15) is 192 Å². The zero-order chi connectivity index (χ0) is 89.9. The Morgan fingerprint density at radius 3 is 1.33 bits per heavy atom. The van der Waals surface area contributed by atoms with Gasteiger partial charge in [-0.05, 0) is 170 Å². The second-order valence-corrected chi connectivity index (χ2v) is 42.5. The Bertz CT molecular complexity index is 5110. The molecule has 0 aliphatic carbocycles. The number of nitrogens with one attached hydrogen (secondary N) is 4. The van der Waals surface area contributed by atoms with Gasteiger partial charge in [-0.2, -0.15) is 0 Å². The molecule has 6 unspecified atom stereocenters. The molecule has 7 fully saturated rings. The van der Waals surface area contributed by atoms with Crippen LogP contribution in [0.4, 0.5) is 37.1 Å². The summed E-state index contributed by atoms with van der Waals surface area (Å²) in [6, 6.07) is 53.1. The maximum Gasteiger partial charge on any atom is 0.322 e. The highest BCUT2D eigenvalue weighted by molar-refractivity contribution is 8.01. The Hall–Kier alpha value is -10.1. The molecule has 12 amide bonds. The van der Waals surface area contributed by atoms with E-state index in [1.807, 2.05) is 135 Å². The molecule has 686 valence electrons. The van der Waals surface area contributed by atoms with E-state index >= 15 is 0 Å². The third kappa shape index (κ3) is 22.7. The summed E-state index contributed by atoms with van der Waals surface area (Å²) in [5.41, 5.74) is 14.2. The zero-order valence-corrected chi connectivity index (χ0v) is 78.4. The molecule has 7 aromatic rings. The number of thioether (sulfide) groups is 3. The molecule has 1 aromatic heterocycles. The van der Waals surface area contributed by atoms with Crippen LogP contribution in [-0.2, 0) is 48.2 Å². The molecule has 0 bridgehead atoms. The lowest BCUT2D eigenvalue weighted by molar-refractivity contribution is -0.137. The lowest BCUT2D eigenvalue weighted by atomic mass is 9.92. The number of fused-ring (bicyclic) bond motifs is 3. The van der Waals surface area contributed by atoms with Crippen molar-refractivity contribution >= 4 is 112 Å². The van der Waals surface area contributed by atoms with Crippen molar-refractivity contribution in [2.75, 3.05) is 119 Å². The number of carbonyl (C=O) groups excluding carboxylic acids is 9. The minimum absolute atomic E-state index is 0. The third-order valence-corrected chi connectivity index (χ3v) is 31.2. The number of urea groups is 3. The van der Waals surface area contributed by atoms with Crippen molar-refractivity contribution in [1.82, 2.24) is 54.4 Å². The number of carbonyl (C=O) groups is 9. The number of aryl methyl sites for hydroxylation is 1. The lowest BCUT2D eigenvalue weighted by Crippen LogP contribution is -2.51. The summed E-state index contributed by atoms with van der Waals surface area (Å²) < 4.78 is 0. The Balaban J connectivity index is 0.000000176. The number of likely N-dealkylation sites (tertiary alicyclic amines) is 3. The first kappa shape index (κ1) is 92.6. The number of aromatic nitrogens is 1. The fourth-order valence-electron chi connectivity index (χ4n) is 19.3. The molecule has 7 saturated heterocycles. The SMILES string of the molecule is CC(C)(C)CCN1C(=O)C(CC(=O)N2CCC(N3CCc4ccccc4NC3=O)CC2)SC1c1ccccc1-c1ccncc1.CC(C)(C)CCN1C(=O)C(CC(=O)N2CCC(N3CCc4ccccc4NC3=O)CC2)SC1c1ccccc1N1CCNCC1.Cc1cccc(C2SC(CC(=O)N3CCC(N4Cc5ccccc5NC4=O)CC3)C(=O)N2CCC(C)C)c1.[HH].[HH].[HH]. The first-order chi connectivity index (χ1) is 61.6. The number of benzene rings is 6. The van der Waals surface area contributed by atoms with Crippen LogP contribution in [0.3, 0.4) is 0 Å². The molecule has 128 heavy (non-hydrogen) atoms. The number of nitrogens with zero attached hydrogens (tertiary/aromatic N) is 11. The Morgan fingerprint density at radius 2 is 0.852 bits per heavy atom. The van der Waals surface area contributed by atoms with E-state index < -0.39 is 10.5 Å². The number of para-hydroxylation sites is 4. The molecule has 24 nitrogen and oxygen atoms in total. The fourth-order valence-corrected chi connectivity index (χ4v) is 23.7. The maximum atomic E-state index is 14.0. The first-order valence-corrected chi connectivity index (χ1v) is 49.3. The maximum absolute atomic E-state index is 14.0. The zero-order valence-electron chi connectivity index (χ0n) is 76.0. The quantitative estimate of drug-likeness (QED) is 0.0522. The van der Waals surface area contributed by atoms with E-state index in [0.717, 1.165) is 153 Å². The predicted molar refractivity (Wildman–Crippen MR) is 519 cm³/mol. The van der Waals surface area contributed by atoms with Gasteiger partial charge in [-0.1, -0.05) is 182 Å². The summed E-state index contributed by atoms with van der Waals surface area (Å²) in [7, 11) is 0. The van der Waals surface area contributed by atoms with Crippen molar-refractivity contribution in [2.24, 2.45) is 16.7 Å². The number of hydrogen-bond acceptors (Lipinski definition) is 15. The minimum Gasteiger partial charge on any atom is -0.369 e. The Kier molecular flexibility index (Phi) is 30.2. The van der Waals surface area contributed by atoms with Gasteiger partial charge in [0.2, 0.25) is 35.4 Å². The summed E-state index contributed by atoms with van der Waals surface area (Å²) in [4.78, 5) is 145. The number of piperazine rings is 1. The number of anilines is 4. The van der Waals surface area contributed by atoms with Gasteiger partial charge in [-0.25, -0.2) is 14.4 Å². The second-order valence-electron chi connectivity index (χ2n) is 38.6. The van der Waals surface area contributed by atoms with Crippen LogP contribution >= 0.6 is 35.3 Å². The highest BCUT2D eigenvalue weighted by Gasteiger charge is 2.48. The molecule has 10 aliphatic heterocycles. The van der Waals surface area contributed by atoms with Gasteiger partial charge < -0.3 is 70.3 Å². The van der Waals surface area contributed by atoms with E-state index in [2.05, 4.69) is 160 Å². The molecule has 11 heterocycles. The molecule has 0 saturated carbocycles. The topological polar surface area (TPSA) is 247 Å². The van der Waals surface area contributed by atoms with Crippen molar-refractivity contribution in [3.8, 4) is 11.1 Å². The van der Waals surface area contributed by atoms with Crippen molar-refractivity contribution in [3.05, 3.63) is 209 Å². The highest BCUT2D eigenvalue weighted by atomic mass is 32.2. The van der Waals surface area contributed by atoms with Crippen molar-refractivity contribution in [1.29, 1.82) is 0 Å². The summed E-state index contributed by atoms with van der Waals surface area (Å²) >= 11 is 4.87.